The van der Waals surface area contributed by atoms with Crippen LogP contribution in [-0.4, -0.2) is 23.9 Å². The Morgan fingerprint density at radius 3 is 2.85 bits per heavy atom. The molecule has 1 saturated heterocycles. The zero-order valence-electron chi connectivity index (χ0n) is 11.6. The number of nitrogens with zero attached hydrogens (tertiary/aromatic N) is 1. The number of nitrogens with two attached hydrogens (primary N) is 1. The first-order valence-electron chi connectivity index (χ1n) is 6.64. The van der Waals surface area contributed by atoms with E-state index in [1.165, 1.54) is 11.3 Å². The molecule has 1 aliphatic heterocycles. The number of rotatable bonds is 1. The molecule has 0 saturated carbocycles. The molecule has 1 aromatic heterocycles. The Hall–Kier alpha value is -1.07. The minimum atomic E-state index is 0.0744. The summed E-state index contributed by atoms with van der Waals surface area (Å²) >= 11 is 4.94. The van der Waals surface area contributed by atoms with Crippen molar-refractivity contribution in [1.29, 1.82) is 0 Å². The lowest BCUT2D eigenvalue weighted by Gasteiger charge is -2.19. The number of likely N-dealkylation sites (tertiary alicyclic amines) is 1. The molecule has 0 bridgehead atoms. The van der Waals surface area contributed by atoms with E-state index in [4.69, 9.17) is 5.73 Å². The summed E-state index contributed by atoms with van der Waals surface area (Å²) in [6.45, 7) is 6.03. The molecule has 0 aliphatic carbocycles. The summed E-state index contributed by atoms with van der Waals surface area (Å²) in [4.78, 5) is 15.3. The van der Waals surface area contributed by atoms with Gasteiger partial charge in [-0.3, -0.25) is 4.79 Å². The minimum Gasteiger partial charge on any atom is -0.397 e. The van der Waals surface area contributed by atoms with Crippen LogP contribution in [0, 0.1) is 5.41 Å². The fourth-order valence-electron chi connectivity index (χ4n) is 2.68. The van der Waals surface area contributed by atoms with Gasteiger partial charge < -0.3 is 10.6 Å². The number of halogens is 1. The molecule has 1 aliphatic rings. The van der Waals surface area contributed by atoms with Gasteiger partial charge in [-0.15, -0.1) is 11.3 Å². The number of thiophene rings is 1. The van der Waals surface area contributed by atoms with Crippen LogP contribution in [0.15, 0.2) is 22.7 Å². The topological polar surface area (TPSA) is 46.3 Å². The molecule has 3 nitrogen and oxygen atoms in total. The van der Waals surface area contributed by atoms with Gasteiger partial charge in [-0.1, -0.05) is 35.8 Å². The predicted octanol–water partition coefficient (Wildman–Crippen LogP) is 4.12. The normalized spacial score (nSPS) is 17.9. The van der Waals surface area contributed by atoms with E-state index in [0.29, 0.717) is 10.6 Å². The number of hydrogen-bond donors (Lipinski definition) is 1. The molecule has 1 aromatic carbocycles. The average Bonchev–Trinajstić information content (AvgIpc) is 2.89. The Morgan fingerprint density at radius 2 is 2.20 bits per heavy atom. The van der Waals surface area contributed by atoms with E-state index < -0.39 is 0 Å². The lowest BCUT2D eigenvalue weighted by atomic mass is 9.93. The summed E-state index contributed by atoms with van der Waals surface area (Å²) in [5.41, 5.74) is 7.00. The maximum atomic E-state index is 12.7. The molecule has 1 amide bonds. The molecule has 2 N–H and O–H groups in total. The van der Waals surface area contributed by atoms with E-state index in [-0.39, 0.29) is 11.3 Å². The number of anilines is 1. The average molecular weight is 353 g/mol. The molecule has 3 rings (SSSR count). The minimum absolute atomic E-state index is 0.0744. The summed E-state index contributed by atoms with van der Waals surface area (Å²) in [6.07, 6.45) is 1.05. The molecule has 0 unspecified atom stereocenters. The number of carbonyl (C=O) groups is 1. The quantitative estimate of drug-likeness (QED) is 0.838. The molecule has 2 aromatic rings. The van der Waals surface area contributed by atoms with Gasteiger partial charge in [-0.2, -0.15) is 0 Å². The highest BCUT2D eigenvalue weighted by Gasteiger charge is 2.33. The van der Waals surface area contributed by atoms with Crippen molar-refractivity contribution in [3.63, 3.8) is 0 Å². The first-order chi connectivity index (χ1) is 9.37. The molecule has 0 spiro atoms. The van der Waals surface area contributed by atoms with Gasteiger partial charge in [0, 0.05) is 27.6 Å². The Bertz CT molecular complexity index is 692. The van der Waals surface area contributed by atoms with Gasteiger partial charge in [0.25, 0.3) is 5.91 Å². The van der Waals surface area contributed by atoms with Crippen LogP contribution in [0.5, 0.6) is 0 Å². The van der Waals surface area contributed by atoms with Crippen LogP contribution in [0.2, 0.25) is 0 Å². The summed E-state index contributed by atoms with van der Waals surface area (Å²) in [5, 5.41) is 0.972. The van der Waals surface area contributed by atoms with E-state index >= 15 is 0 Å². The van der Waals surface area contributed by atoms with Gasteiger partial charge in [-0.05, 0) is 24.0 Å². The summed E-state index contributed by atoms with van der Waals surface area (Å²) < 4.78 is 2.06. The van der Waals surface area contributed by atoms with Crippen molar-refractivity contribution in [2.75, 3.05) is 18.8 Å². The number of hydrogen-bond acceptors (Lipinski definition) is 3. The molecule has 5 heteroatoms. The van der Waals surface area contributed by atoms with Crippen LogP contribution in [0.25, 0.3) is 10.1 Å². The molecular weight excluding hydrogens is 336 g/mol. The standard InChI is InChI=1S/C15H17BrN2OS/c1-15(2)5-6-18(8-15)14(19)13-12(17)10-4-3-9(16)7-11(10)20-13/h3-4,7H,5-6,8,17H2,1-2H3. The van der Waals surface area contributed by atoms with Crippen LogP contribution >= 0.6 is 27.3 Å². The highest BCUT2D eigenvalue weighted by molar-refractivity contribution is 9.10. The molecular formula is C15H17BrN2OS. The van der Waals surface area contributed by atoms with Gasteiger partial charge in [-0.25, -0.2) is 0 Å². The zero-order chi connectivity index (χ0) is 14.5. The summed E-state index contributed by atoms with van der Waals surface area (Å²) in [6, 6.07) is 5.94. The molecule has 0 radical (unpaired) electrons. The zero-order valence-corrected chi connectivity index (χ0v) is 14.0. The van der Waals surface area contributed by atoms with Gasteiger partial charge in [0.2, 0.25) is 0 Å². The third-order valence-electron chi connectivity index (χ3n) is 3.85. The van der Waals surface area contributed by atoms with E-state index in [1.54, 1.807) is 0 Å². The maximum absolute atomic E-state index is 12.7. The first-order valence-corrected chi connectivity index (χ1v) is 8.25. The number of amides is 1. The van der Waals surface area contributed by atoms with E-state index in [2.05, 4.69) is 29.8 Å². The third-order valence-corrected chi connectivity index (χ3v) is 5.50. The summed E-state index contributed by atoms with van der Waals surface area (Å²) in [5.74, 6) is 0.0744. The Morgan fingerprint density at radius 1 is 1.45 bits per heavy atom. The van der Waals surface area contributed by atoms with E-state index in [0.717, 1.165) is 34.1 Å². The second-order valence-corrected chi connectivity index (χ2v) is 8.09. The van der Waals surface area contributed by atoms with Gasteiger partial charge in [0.05, 0.1) is 5.69 Å². The first kappa shape index (κ1) is 13.9. The predicted molar refractivity (Wildman–Crippen MR) is 88.2 cm³/mol. The highest BCUT2D eigenvalue weighted by atomic mass is 79.9. The SMILES string of the molecule is CC1(C)CCN(C(=O)c2sc3cc(Br)ccc3c2N)C1. The van der Waals surface area contributed by atoms with Crippen LogP contribution < -0.4 is 5.73 Å². The van der Waals surface area contributed by atoms with Crippen molar-refractivity contribution in [3.05, 3.63) is 27.5 Å². The highest BCUT2D eigenvalue weighted by Crippen LogP contribution is 2.38. The van der Waals surface area contributed by atoms with Gasteiger partial charge >= 0.3 is 0 Å². The van der Waals surface area contributed by atoms with Crippen molar-refractivity contribution in [2.24, 2.45) is 5.41 Å². The molecule has 106 valence electrons. The second kappa shape index (κ2) is 4.74. The van der Waals surface area contributed by atoms with Crippen molar-refractivity contribution >= 4 is 48.9 Å². The number of benzene rings is 1. The van der Waals surface area contributed by atoms with E-state index in [1.807, 2.05) is 23.1 Å². The molecule has 20 heavy (non-hydrogen) atoms. The monoisotopic (exact) mass is 352 g/mol. The third kappa shape index (κ3) is 2.33. The molecule has 2 heterocycles. The van der Waals surface area contributed by atoms with Gasteiger partial charge in [0.1, 0.15) is 4.88 Å². The van der Waals surface area contributed by atoms with Crippen molar-refractivity contribution in [1.82, 2.24) is 4.90 Å². The second-order valence-electron chi connectivity index (χ2n) is 6.13. The van der Waals surface area contributed by atoms with Crippen molar-refractivity contribution < 1.29 is 4.79 Å². The molecule has 0 atom stereocenters. The smallest absolute Gasteiger partial charge is 0.266 e. The van der Waals surface area contributed by atoms with E-state index in [9.17, 15) is 4.79 Å². The van der Waals surface area contributed by atoms with Crippen LogP contribution in [-0.2, 0) is 0 Å². The number of fused-ring (bicyclic) bond motifs is 1. The van der Waals surface area contributed by atoms with Crippen LogP contribution in [0.4, 0.5) is 5.69 Å². The van der Waals surface area contributed by atoms with Crippen molar-refractivity contribution in [3.8, 4) is 0 Å². The molecule has 1 fully saturated rings. The van der Waals surface area contributed by atoms with Crippen molar-refractivity contribution in [2.45, 2.75) is 20.3 Å². The Labute approximate surface area is 130 Å². The lowest BCUT2D eigenvalue weighted by molar-refractivity contribution is 0.0784. The van der Waals surface area contributed by atoms with Crippen LogP contribution in [0.1, 0.15) is 29.9 Å². The summed E-state index contributed by atoms with van der Waals surface area (Å²) in [7, 11) is 0. The maximum Gasteiger partial charge on any atom is 0.266 e. The van der Waals surface area contributed by atoms with Crippen LogP contribution in [0.3, 0.4) is 0 Å². The fraction of sp³-hybridized carbons (Fsp3) is 0.400. The lowest BCUT2D eigenvalue weighted by Crippen LogP contribution is -2.30. The number of nitrogen functional groups attached to an aromatic ring is 1. The van der Waals surface area contributed by atoms with Gasteiger partial charge in [0.15, 0.2) is 0 Å². The Balaban J connectivity index is 1.98. The fourth-order valence-corrected chi connectivity index (χ4v) is 4.32. The number of carbonyl (C=O) groups excluding carboxylic acids is 1. The Kier molecular flexibility index (Phi) is 3.29. The largest absolute Gasteiger partial charge is 0.397 e.